The number of hydrogen-bond acceptors (Lipinski definition) is 10. The number of phenolic OH excluding ortho intramolecular Hbond substituents is 2. The minimum atomic E-state index is -5.08. The van der Waals surface area contributed by atoms with Crippen LogP contribution in [0.1, 0.15) is 25.8 Å². The quantitative estimate of drug-likeness (QED) is 0.233. The average molecular weight is 568 g/mol. The van der Waals surface area contributed by atoms with Crippen molar-refractivity contribution in [2.75, 3.05) is 10.5 Å². The Kier molecular flexibility index (Phi) is 6.61. The zero-order valence-electron chi connectivity index (χ0n) is 19.9. The molecule has 2 aromatic heterocycles. The maximum absolute atomic E-state index is 15.8. The van der Waals surface area contributed by atoms with Crippen molar-refractivity contribution in [1.29, 1.82) is 0 Å². The third-order valence-corrected chi connectivity index (χ3v) is 7.98. The van der Waals surface area contributed by atoms with E-state index in [0.717, 1.165) is 23.6 Å². The molecular formula is C23H20F3N5O5S2. The largest absolute Gasteiger partial charge is 0.508 e. The molecule has 0 amide bonds. The SMILES string of the molecule is CC(C)(C)c1nc(-c2cc(O)cc(NS(=O)(=O)c3c(F)cc(O)cc3F)c2F)c(-c2nc(N)ncc2O)s1. The lowest BCUT2D eigenvalue weighted by Crippen LogP contribution is -2.17. The molecule has 0 spiro atoms. The molecule has 0 saturated carbocycles. The third kappa shape index (κ3) is 5.02. The van der Waals surface area contributed by atoms with Crippen LogP contribution < -0.4 is 10.5 Å². The van der Waals surface area contributed by atoms with Crippen molar-refractivity contribution in [3.05, 3.63) is 52.9 Å². The molecular weight excluding hydrogens is 547 g/mol. The number of nitrogen functional groups attached to an aromatic ring is 1. The summed E-state index contributed by atoms with van der Waals surface area (Å²) < 4.78 is 71.6. The van der Waals surface area contributed by atoms with E-state index in [1.165, 1.54) is 0 Å². The first kappa shape index (κ1) is 26.9. The predicted molar refractivity (Wildman–Crippen MR) is 134 cm³/mol. The van der Waals surface area contributed by atoms with E-state index >= 15 is 4.39 Å². The highest BCUT2D eigenvalue weighted by Crippen LogP contribution is 2.45. The van der Waals surface area contributed by atoms with Crippen LogP contribution in [-0.2, 0) is 15.4 Å². The lowest BCUT2D eigenvalue weighted by molar-refractivity contribution is 0.450. The molecule has 0 atom stereocenters. The summed E-state index contributed by atoms with van der Waals surface area (Å²) in [6.45, 7) is 5.48. The van der Waals surface area contributed by atoms with Crippen molar-refractivity contribution in [3.63, 3.8) is 0 Å². The van der Waals surface area contributed by atoms with Gasteiger partial charge >= 0.3 is 0 Å². The van der Waals surface area contributed by atoms with Gasteiger partial charge in [-0.15, -0.1) is 11.3 Å². The summed E-state index contributed by atoms with van der Waals surface area (Å²) in [4.78, 5) is 10.8. The van der Waals surface area contributed by atoms with E-state index in [-0.39, 0.29) is 22.2 Å². The predicted octanol–water partition coefficient (Wildman–Crippen LogP) is 4.48. The number of sulfonamides is 1. The lowest BCUT2D eigenvalue weighted by Gasteiger charge is -2.14. The summed E-state index contributed by atoms with van der Waals surface area (Å²) in [7, 11) is -5.08. The van der Waals surface area contributed by atoms with Crippen molar-refractivity contribution in [2.45, 2.75) is 31.1 Å². The van der Waals surface area contributed by atoms with Gasteiger partial charge in [0.05, 0.1) is 27.5 Å². The summed E-state index contributed by atoms with van der Waals surface area (Å²) in [5.74, 6) is -6.56. The Morgan fingerprint density at radius 3 is 2.16 bits per heavy atom. The van der Waals surface area contributed by atoms with Crippen LogP contribution >= 0.6 is 11.3 Å². The highest BCUT2D eigenvalue weighted by Gasteiger charge is 2.30. The van der Waals surface area contributed by atoms with Gasteiger partial charge in [-0.1, -0.05) is 20.8 Å². The number of halogens is 3. The Balaban J connectivity index is 1.92. The number of aromatic hydroxyl groups is 3. The van der Waals surface area contributed by atoms with Crippen LogP contribution in [0.25, 0.3) is 21.8 Å². The molecule has 2 aromatic carbocycles. The molecule has 0 fully saturated rings. The fourth-order valence-corrected chi connectivity index (χ4v) is 5.70. The molecule has 0 radical (unpaired) electrons. The Labute approximate surface area is 218 Å². The van der Waals surface area contributed by atoms with Crippen molar-refractivity contribution in [1.82, 2.24) is 15.0 Å². The summed E-state index contributed by atoms with van der Waals surface area (Å²) in [5.41, 5.74) is 3.64. The van der Waals surface area contributed by atoms with Crippen LogP contribution in [0.4, 0.5) is 24.8 Å². The number of hydrogen-bond donors (Lipinski definition) is 5. The van der Waals surface area contributed by atoms with Gasteiger partial charge in [0.15, 0.2) is 16.5 Å². The Morgan fingerprint density at radius 1 is 0.947 bits per heavy atom. The monoisotopic (exact) mass is 567 g/mol. The standard InChI is InChI=1S/C23H20F3N5O5S2/c1-23(2,3)21-29-17(19(37-21)18-15(34)8-28-22(27)30-18)11-4-9(32)7-14(16(11)26)31-38(35,36)20-12(24)5-10(33)6-13(20)25/h4-8,31-34H,1-3H3,(H2,27,28,30). The molecule has 38 heavy (non-hydrogen) atoms. The van der Waals surface area contributed by atoms with Crippen molar-refractivity contribution >= 4 is 33.0 Å². The van der Waals surface area contributed by atoms with E-state index in [1.54, 1.807) is 4.72 Å². The van der Waals surface area contributed by atoms with Gasteiger partial charge < -0.3 is 21.1 Å². The maximum atomic E-state index is 15.8. The first-order chi connectivity index (χ1) is 17.6. The summed E-state index contributed by atoms with van der Waals surface area (Å²) in [6, 6.07) is 2.40. The van der Waals surface area contributed by atoms with Gasteiger partial charge in [-0.05, 0) is 6.07 Å². The molecule has 0 aliphatic carbocycles. The van der Waals surface area contributed by atoms with Gasteiger partial charge in [-0.25, -0.2) is 36.5 Å². The lowest BCUT2D eigenvalue weighted by atomic mass is 9.98. The Bertz CT molecular complexity index is 1660. The number of anilines is 2. The molecule has 0 unspecified atom stereocenters. The van der Waals surface area contributed by atoms with Crippen molar-refractivity contribution in [2.24, 2.45) is 0 Å². The second-order valence-electron chi connectivity index (χ2n) is 9.11. The van der Waals surface area contributed by atoms with Gasteiger partial charge in [0.1, 0.15) is 28.8 Å². The zero-order chi connectivity index (χ0) is 28.2. The first-order valence-electron chi connectivity index (χ1n) is 10.7. The molecule has 2 heterocycles. The van der Waals surface area contributed by atoms with Crippen LogP contribution in [0.3, 0.4) is 0 Å². The van der Waals surface area contributed by atoms with Crippen LogP contribution in [0, 0.1) is 17.5 Å². The summed E-state index contributed by atoms with van der Waals surface area (Å²) in [5, 5.41) is 30.5. The normalized spacial score (nSPS) is 12.1. The topological polar surface area (TPSA) is 172 Å². The fourth-order valence-electron chi connectivity index (χ4n) is 3.40. The van der Waals surface area contributed by atoms with Gasteiger partial charge in [0.2, 0.25) is 5.95 Å². The van der Waals surface area contributed by atoms with E-state index in [1.807, 2.05) is 20.8 Å². The fraction of sp³-hybridized carbons (Fsp3) is 0.174. The second kappa shape index (κ2) is 9.33. The van der Waals surface area contributed by atoms with Crippen LogP contribution in [-0.4, -0.2) is 38.7 Å². The molecule has 6 N–H and O–H groups in total. The van der Waals surface area contributed by atoms with Crippen LogP contribution in [0.2, 0.25) is 0 Å². The number of thiazole rings is 1. The highest BCUT2D eigenvalue weighted by molar-refractivity contribution is 7.92. The van der Waals surface area contributed by atoms with Gasteiger partial charge in [0.25, 0.3) is 10.0 Å². The Hall–Kier alpha value is -4.11. The Morgan fingerprint density at radius 2 is 1.55 bits per heavy atom. The molecule has 200 valence electrons. The van der Waals surface area contributed by atoms with E-state index in [9.17, 15) is 32.5 Å². The smallest absolute Gasteiger partial charge is 0.267 e. The van der Waals surface area contributed by atoms with Gasteiger partial charge in [-0.3, -0.25) is 4.72 Å². The van der Waals surface area contributed by atoms with Crippen molar-refractivity contribution in [3.8, 4) is 39.1 Å². The minimum Gasteiger partial charge on any atom is -0.508 e. The number of nitrogens with two attached hydrogens (primary N) is 1. The molecule has 0 aliphatic heterocycles. The molecule has 4 aromatic rings. The zero-order valence-corrected chi connectivity index (χ0v) is 21.5. The number of rotatable bonds is 5. The second-order valence-corrected chi connectivity index (χ2v) is 11.7. The molecule has 0 saturated heterocycles. The minimum absolute atomic E-state index is 0.0846. The molecule has 4 rings (SSSR count). The van der Waals surface area contributed by atoms with E-state index in [2.05, 4.69) is 15.0 Å². The number of nitrogens with zero attached hydrogens (tertiary/aromatic N) is 3. The first-order valence-corrected chi connectivity index (χ1v) is 13.0. The number of benzene rings is 2. The van der Waals surface area contributed by atoms with E-state index in [4.69, 9.17) is 5.73 Å². The number of phenols is 2. The molecule has 0 bridgehead atoms. The number of nitrogens with one attached hydrogen (secondary N) is 1. The van der Waals surface area contributed by atoms with E-state index in [0.29, 0.717) is 23.2 Å². The summed E-state index contributed by atoms with van der Waals surface area (Å²) >= 11 is 1.05. The maximum Gasteiger partial charge on any atom is 0.267 e. The highest BCUT2D eigenvalue weighted by atomic mass is 32.2. The average Bonchev–Trinajstić information content (AvgIpc) is 3.22. The van der Waals surface area contributed by atoms with Gasteiger partial charge in [0, 0.05) is 29.2 Å². The van der Waals surface area contributed by atoms with Crippen LogP contribution in [0.5, 0.6) is 17.2 Å². The van der Waals surface area contributed by atoms with Gasteiger partial charge in [-0.2, -0.15) is 0 Å². The van der Waals surface area contributed by atoms with Crippen molar-refractivity contribution < 1.29 is 36.9 Å². The van der Waals surface area contributed by atoms with Crippen LogP contribution in [0.15, 0.2) is 35.4 Å². The number of aromatic nitrogens is 3. The third-order valence-electron chi connectivity index (χ3n) is 5.08. The molecule has 0 aliphatic rings. The van der Waals surface area contributed by atoms with E-state index < -0.39 is 66.3 Å². The summed E-state index contributed by atoms with van der Waals surface area (Å²) in [6.07, 6.45) is 1.04. The molecule has 10 nitrogen and oxygen atoms in total. The molecule has 15 heteroatoms.